The number of rotatable bonds is 7. The number of benzene rings is 2. The second kappa shape index (κ2) is 8.30. The van der Waals surface area contributed by atoms with Crippen LogP contribution in [0.3, 0.4) is 0 Å². The highest BCUT2D eigenvalue weighted by Crippen LogP contribution is 2.47. The lowest BCUT2D eigenvalue weighted by atomic mass is 9.96. The molecular formula is C23H27N5. The first-order chi connectivity index (χ1) is 13.8. The van der Waals surface area contributed by atoms with Gasteiger partial charge < -0.3 is 10.6 Å². The van der Waals surface area contributed by atoms with Crippen LogP contribution in [0.15, 0.2) is 78.0 Å². The molecule has 1 aromatic heterocycles. The van der Waals surface area contributed by atoms with E-state index in [-0.39, 0.29) is 5.41 Å². The van der Waals surface area contributed by atoms with E-state index in [1.165, 1.54) is 24.0 Å². The molecule has 1 aliphatic rings. The van der Waals surface area contributed by atoms with Gasteiger partial charge in [-0.1, -0.05) is 42.5 Å². The van der Waals surface area contributed by atoms with Gasteiger partial charge in [0.1, 0.15) is 0 Å². The number of aliphatic imine (C=N–C) groups is 1. The van der Waals surface area contributed by atoms with E-state index in [1.54, 1.807) is 6.20 Å². The lowest BCUT2D eigenvalue weighted by Crippen LogP contribution is -2.41. The van der Waals surface area contributed by atoms with Crippen molar-refractivity contribution in [2.45, 2.75) is 24.7 Å². The Bertz CT molecular complexity index is 894. The van der Waals surface area contributed by atoms with Gasteiger partial charge in [0.15, 0.2) is 5.96 Å². The van der Waals surface area contributed by atoms with Crippen LogP contribution in [0.25, 0.3) is 5.69 Å². The summed E-state index contributed by atoms with van der Waals surface area (Å²) in [6.07, 6.45) is 7.17. The number of nitrogens with one attached hydrogen (secondary N) is 2. The summed E-state index contributed by atoms with van der Waals surface area (Å²) in [6.45, 7) is 1.77. The predicted molar refractivity (Wildman–Crippen MR) is 114 cm³/mol. The number of guanidine groups is 1. The number of aromatic nitrogens is 2. The van der Waals surface area contributed by atoms with Gasteiger partial charge in [-0.2, -0.15) is 5.10 Å². The highest BCUT2D eigenvalue weighted by molar-refractivity contribution is 5.79. The first kappa shape index (κ1) is 18.3. The zero-order valence-electron chi connectivity index (χ0n) is 16.3. The molecule has 144 valence electrons. The third-order valence-electron chi connectivity index (χ3n) is 5.47. The maximum atomic E-state index is 4.37. The minimum atomic E-state index is 0.279. The van der Waals surface area contributed by atoms with Gasteiger partial charge >= 0.3 is 0 Å². The largest absolute Gasteiger partial charge is 0.356 e. The number of nitrogens with zero attached hydrogens (tertiary/aromatic N) is 3. The Morgan fingerprint density at radius 3 is 2.46 bits per heavy atom. The summed E-state index contributed by atoms with van der Waals surface area (Å²) >= 11 is 0. The zero-order chi connectivity index (χ0) is 19.2. The molecule has 1 saturated carbocycles. The minimum Gasteiger partial charge on any atom is -0.356 e. The zero-order valence-corrected chi connectivity index (χ0v) is 16.3. The molecule has 4 rings (SSSR count). The first-order valence-electron chi connectivity index (χ1n) is 9.88. The normalized spacial score (nSPS) is 15.2. The van der Waals surface area contributed by atoms with Crippen molar-refractivity contribution in [3.05, 3.63) is 84.2 Å². The molecule has 1 aliphatic carbocycles. The second-order valence-electron chi connectivity index (χ2n) is 7.37. The van der Waals surface area contributed by atoms with Crippen LogP contribution in [0, 0.1) is 0 Å². The molecule has 2 aromatic carbocycles. The summed E-state index contributed by atoms with van der Waals surface area (Å²) in [7, 11) is 1.83. The van der Waals surface area contributed by atoms with Crippen molar-refractivity contribution in [3.63, 3.8) is 0 Å². The van der Waals surface area contributed by atoms with E-state index in [4.69, 9.17) is 0 Å². The van der Waals surface area contributed by atoms with E-state index in [0.717, 1.165) is 31.2 Å². The molecule has 1 fully saturated rings. The Morgan fingerprint density at radius 2 is 1.82 bits per heavy atom. The molecular weight excluding hydrogens is 346 g/mol. The number of hydrogen-bond donors (Lipinski definition) is 2. The Labute approximate surface area is 166 Å². The van der Waals surface area contributed by atoms with Gasteiger partial charge in [-0.15, -0.1) is 0 Å². The summed E-state index contributed by atoms with van der Waals surface area (Å²) in [5.41, 5.74) is 4.08. The average Bonchev–Trinajstić information content (AvgIpc) is 3.35. The summed E-state index contributed by atoms with van der Waals surface area (Å²) in [6, 6.07) is 21.2. The molecule has 5 heteroatoms. The minimum absolute atomic E-state index is 0.279. The third-order valence-corrected chi connectivity index (χ3v) is 5.47. The van der Waals surface area contributed by atoms with Crippen LogP contribution in [0.1, 0.15) is 24.0 Å². The average molecular weight is 374 g/mol. The van der Waals surface area contributed by atoms with E-state index >= 15 is 0 Å². The first-order valence-corrected chi connectivity index (χ1v) is 9.88. The molecule has 0 aliphatic heterocycles. The fourth-order valence-electron chi connectivity index (χ4n) is 3.55. The third kappa shape index (κ3) is 4.25. The van der Waals surface area contributed by atoms with Crippen molar-refractivity contribution in [2.75, 3.05) is 20.1 Å². The summed E-state index contributed by atoms with van der Waals surface area (Å²) in [5, 5.41) is 11.2. The molecule has 3 aromatic rings. The maximum Gasteiger partial charge on any atom is 0.191 e. The van der Waals surface area contributed by atoms with Gasteiger partial charge in [0.2, 0.25) is 0 Å². The standard InChI is InChI=1S/C23H27N5/c1-24-22(26-18-23(13-14-23)20-6-3-2-4-7-20)25-16-12-19-8-10-21(11-9-19)28-17-5-15-27-28/h2-11,15,17H,12-14,16,18H2,1H3,(H2,24,25,26). The SMILES string of the molecule is CN=C(NCCc1ccc(-n2cccn2)cc1)NCC1(c2ccccc2)CC1. The van der Waals surface area contributed by atoms with E-state index in [9.17, 15) is 0 Å². The molecule has 0 saturated heterocycles. The van der Waals surface area contributed by atoms with Crippen LogP contribution in [0.2, 0.25) is 0 Å². The van der Waals surface area contributed by atoms with E-state index < -0.39 is 0 Å². The van der Waals surface area contributed by atoms with Crippen molar-refractivity contribution >= 4 is 5.96 Å². The van der Waals surface area contributed by atoms with Crippen LogP contribution in [0.5, 0.6) is 0 Å². The molecule has 5 nitrogen and oxygen atoms in total. The fourth-order valence-corrected chi connectivity index (χ4v) is 3.55. The van der Waals surface area contributed by atoms with Crippen molar-refractivity contribution in [2.24, 2.45) is 4.99 Å². The smallest absolute Gasteiger partial charge is 0.191 e. The lowest BCUT2D eigenvalue weighted by Gasteiger charge is -2.19. The van der Waals surface area contributed by atoms with Crippen LogP contribution in [0.4, 0.5) is 0 Å². The summed E-state index contributed by atoms with van der Waals surface area (Å²) in [5.74, 6) is 0.871. The van der Waals surface area contributed by atoms with Gasteiger partial charge in [0.05, 0.1) is 5.69 Å². The van der Waals surface area contributed by atoms with Gasteiger partial charge in [-0.3, -0.25) is 4.99 Å². The van der Waals surface area contributed by atoms with Gasteiger partial charge in [0, 0.05) is 37.9 Å². The summed E-state index contributed by atoms with van der Waals surface area (Å²) < 4.78 is 1.87. The molecule has 0 bridgehead atoms. The molecule has 28 heavy (non-hydrogen) atoms. The molecule has 0 amide bonds. The van der Waals surface area contributed by atoms with E-state index in [2.05, 4.69) is 75.3 Å². The highest BCUT2D eigenvalue weighted by Gasteiger charge is 2.43. The monoisotopic (exact) mass is 373 g/mol. The summed E-state index contributed by atoms with van der Waals surface area (Å²) in [4.78, 5) is 4.37. The Hall–Kier alpha value is -3.08. The Kier molecular flexibility index (Phi) is 5.42. The Morgan fingerprint density at radius 1 is 1.04 bits per heavy atom. The van der Waals surface area contributed by atoms with Gasteiger partial charge in [0.25, 0.3) is 0 Å². The van der Waals surface area contributed by atoms with Crippen LogP contribution in [-0.2, 0) is 11.8 Å². The van der Waals surface area contributed by atoms with Crippen molar-refractivity contribution in [1.29, 1.82) is 0 Å². The Balaban J connectivity index is 1.25. The molecule has 2 N–H and O–H groups in total. The second-order valence-corrected chi connectivity index (χ2v) is 7.37. The lowest BCUT2D eigenvalue weighted by molar-refractivity contribution is 0.645. The number of hydrogen-bond acceptors (Lipinski definition) is 2. The maximum absolute atomic E-state index is 4.37. The quantitative estimate of drug-likeness (QED) is 0.493. The van der Waals surface area contributed by atoms with Gasteiger partial charge in [-0.25, -0.2) is 4.68 Å². The van der Waals surface area contributed by atoms with Crippen molar-refractivity contribution in [1.82, 2.24) is 20.4 Å². The molecule has 1 heterocycles. The van der Waals surface area contributed by atoms with Crippen LogP contribution < -0.4 is 10.6 Å². The topological polar surface area (TPSA) is 54.2 Å². The van der Waals surface area contributed by atoms with Crippen LogP contribution in [-0.4, -0.2) is 35.9 Å². The molecule has 0 radical (unpaired) electrons. The fraction of sp³-hybridized carbons (Fsp3) is 0.304. The molecule has 0 unspecified atom stereocenters. The van der Waals surface area contributed by atoms with Crippen LogP contribution >= 0.6 is 0 Å². The molecule has 0 spiro atoms. The van der Waals surface area contributed by atoms with E-state index in [0.29, 0.717) is 0 Å². The van der Waals surface area contributed by atoms with Crippen molar-refractivity contribution in [3.8, 4) is 5.69 Å². The highest BCUT2D eigenvalue weighted by atomic mass is 15.3. The van der Waals surface area contributed by atoms with Crippen molar-refractivity contribution < 1.29 is 0 Å². The van der Waals surface area contributed by atoms with Gasteiger partial charge in [-0.05, 0) is 48.6 Å². The molecule has 0 atom stereocenters. The van der Waals surface area contributed by atoms with E-state index in [1.807, 2.05) is 24.0 Å². The predicted octanol–water partition coefficient (Wildman–Crippen LogP) is 3.31.